The summed E-state index contributed by atoms with van der Waals surface area (Å²) in [5.41, 5.74) is 2.56. The fourth-order valence-electron chi connectivity index (χ4n) is 3.12. The Bertz CT molecular complexity index is 745. The van der Waals surface area contributed by atoms with E-state index < -0.39 is 6.10 Å². The normalized spacial score (nSPS) is 14.2. The number of halogens is 1. The first-order chi connectivity index (χ1) is 12.6. The molecule has 1 aliphatic carbocycles. The molecule has 0 saturated carbocycles. The third-order valence-corrected chi connectivity index (χ3v) is 4.51. The van der Waals surface area contributed by atoms with Gasteiger partial charge in [-0.2, -0.15) is 0 Å². The molecular formula is C21H24FNO3. The number of nitrogens with one attached hydrogen (secondary N) is 1. The molecular weight excluding hydrogens is 333 g/mol. The van der Waals surface area contributed by atoms with Crippen molar-refractivity contribution in [1.82, 2.24) is 5.32 Å². The van der Waals surface area contributed by atoms with Crippen LogP contribution in [-0.2, 0) is 17.6 Å². The molecule has 0 saturated heterocycles. The van der Waals surface area contributed by atoms with Crippen molar-refractivity contribution in [3.05, 3.63) is 59.4 Å². The van der Waals surface area contributed by atoms with Crippen LogP contribution >= 0.6 is 0 Å². The van der Waals surface area contributed by atoms with Crippen molar-refractivity contribution in [1.29, 1.82) is 0 Å². The maximum absolute atomic E-state index is 12.8. The first-order valence-corrected chi connectivity index (χ1v) is 9.07. The lowest BCUT2D eigenvalue weighted by molar-refractivity contribution is -0.127. The highest BCUT2D eigenvalue weighted by Gasteiger charge is 2.19. The molecule has 5 heteroatoms. The van der Waals surface area contributed by atoms with Crippen LogP contribution in [0.2, 0.25) is 0 Å². The fourth-order valence-corrected chi connectivity index (χ4v) is 3.12. The van der Waals surface area contributed by atoms with Crippen LogP contribution in [0.4, 0.5) is 4.39 Å². The van der Waals surface area contributed by atoms with Crippen LogP contribution in [0.5, 0.6) is 11.5 Å². The van der Waals surface area contributed by atoms with Crippen molar-refractivity contribution in [2.45, 2.75) is 38.7 Å². The van der Waals surface area contributed by atoms with Gasteiger partial charge in [0, 0.05) is 0 Å². The quantitative estimate of drug-likeness (QED) is 0.769. The van der Waals surface area contributed by atoms with Crippen molar-refractivity contribution >= 4 is 5.91 Å². The summed E-state index contributed by atoms with van der Waals surface area (Å²) >= 11 is 0. The number of carbonyl (C=O) groups excluding carboxylic acids is 1. The fraction of sp³-hybridized carbons (Fsp3) is 0.381. The minimum Gasteiger partial charge on any atom is -0.492 e. The van der Waals surface area contributed by atoms with Gasteiger partial charge >= 0.3 is 0 Å². The molecule has 138 valence electrons. The highest BCUT2D eigenvalue weighted by molar-refractivity contribution is 5.80. The number of hydrogen-bond donors (Lipinski definition) is 1. The summed E-state index contributed by atoms with van der Waals surface area (Å²) in [7, 11) is 0. The van der Waals surface area contributed by atoms with Gasteiger partial charge in [-0.25, -0.2) is 4.39 Å². The molecule has 0 aromatic heterocycles. The predicted molar refractivity (Wildman–Crippen MR) is 98.1 cm³/mol. The maximum Gasteiger partial charge on any atom is 0.260 e. The summed E-state index contributed by atoms with van der Waals surface area (Å²) in [5.74, 6) is 0.897. The Hall–Kier alpha value is -2.56. The van der Waals surface area contributed by atoms with Gasteiger partial charge in [-0.1, -0.05) is 12.1 Å². The monoisotopic (exact) mass is 357 g/mol. The number of carbonyl (C=O) groups is 1. The molecule has 1 N–H and O–H groups in total. The van der Waals surface area contributed by atoms with Crippen molar-refractivity contribution < 1.29 is 18.7 Å². The van der Waals surface area contributed by atoms with Gasteiger partial charge in [-0.15, -0.1) is 0 Å². The number of aryl methyl sites for hydroxylation is 1. The number of amides is 1. The van der Waals surface area contributed by atoms with E-state index in [0.717, 1.165) is 25.0 Å². The van der Waals surface area contributed by atoms with E-state index in [1.54, 1.807) is 19.1 Å². The highest BCUT2D eigenvalue weighted by Crippen LogP contribution is 2.30. The van der Waals surface area contributed by atoms with Crippen LogP contribution in [0, 0.1) is 5.82 Å². The van der Waals surface area contributed by atoms with Crippen molar-refractivity contribution in [3.63, 3.8) is 0 Å². The second-order valence-corrected chi connectivity index (χ2v) is 6.45. The molecule has 0 radical (unpaired) electrons. The van der Waals surface area contributed by atoms with E-state index in [1.165, 1.54) is 29.7 Å². The number of hydrogen-bond acceptors (Lipinski definition) is 3. The van der Waals surface area contributed by atoms with Gasteiger partial charge in [0.25, 0.3) is 5.91 Å². The van der Waals surface area contributed by atoms with Crippen molar-refractivity contribution in [3.8, 4) is 11.5 Å². The van der Waals surface area contributed by atoms with Gasteiger partial charge in [-0.05, 0) is 74.1 Å². The van der Waals surface area contributed by atoms with Crippen LogP contribution in [0.25, 0.3) is 0 Å². The van der Waals surface area contributed by atoms with Crippen LogP contribution in [0.15, 0.2) is 42.5 Å². The van der Waals surface area contributed by atoms with E-state index in [4.69, 9.17) is 9.47 Å². The van der Waals surface area contributed by atoms with Crippen molar-refractivity contribution in [2.24, 2.45) is 0 Å². The Morgan fingerprint density at radius 1 is 1.15 bits per heavy atom. The summed E-state index contributed by atoms with van der Waals surface area (Å²) in [6.45, 7) is 2.42. The van der Waals surface area contributed by atoms with E-state index in [1.807, 2.05) is 12.1 Å². The standard InChI is InChI=1S/C21H24FNO3/c1-15(26-20-8-4-6-16-5-2-3-7-19(16)20)21(24)23-13-14-25-18-11-9-17(22)10-12-18/h4,6,8-12,15H,2-3,5,7,13-14H2,1H3,(H,23,24)/t15-/m1/s1. The number of ether oxygens (including phenoxy) is 2. The molecule has 0 bridgehead atoms. The van der Waals surface area contributed by atoms with Gasteiger partial charge in [0.05, 0.1) is 6.54 Å². The van der Waals surface area contributed by atoms with Gasteiger partial charge in [0.1, 0.15) is 23.9 Å². The second kappa shape index (κ2) is 8.70. The van der Waals surface area contributed by atoms with Gasteiger partial charge < -0.3 is 14.8 Å². The molecule has 0 spiro atoms. The van der Waals surface area contributed by atoms with E-state index in [-0.39, 0.29) is 11.7 Å². The van der Waals surface area contributed by atoms with E-state index in [2.05, 4.69) is 11.4 Å². The molecule has 0 unspecified atom stereocenters. The zero-order chi connectivity index (χ0) is 18.4. The first kappa shape index (κ1) is 18.2. The van der Waals surface area contributed by atoms with Crippen LogP contribution in [0.3, 0.4) is 0 Å². The minimum absolute atomic E-state index is 0.180. The van der Waals surface area contributed by atoms with Gasteiger partial charge in [0.2, 0.25) is 0 Å². The average Bonchev–Trinajstić information content (AvgIpc) is 2.66. The number of benzene rings is 2. The zero-order valence-electron chi connectivity index (χ0n) is 15.0. The molecule has 2 aromatic rings. The smallest absolute Gasteiger partial charge is 0.260 e. The molecule has 1 atom stereocenters. The lowest BCUT2D eigenvalue weighted by Gasteiger charge is -2.22. The molecule has 4 nitrogen and oxygen atoms in total. The Morgan fingerprint density at radius 2 is 1.92 bits per heavy atom. The second-order valence-electron chi connectivity index (χ2n) is 6.45. The molecule has 1 amide bonds. The Kier molecular flexibility index (Phi) is 6.10. The minimum atomic E-state index is -0.575. The molecule has 3 rings (SSSR count). The predicted octanol–water partition coefficient (Wildman–Crippen LogP) is 3.67. The Morgan fingerprint density at radius 3 is 2.73 bits per heavy atom. The van der Waals surface area contributed by atoms with Crippen molar-refractivity contribution in [2.75, 3.05) is 13.2 Å². The molecule has 2 aromatic carbocycles. The van der Waals surface area contributed by atoms with E-state index in [9.17, 15) is 9.18 Å². The summed E-state index contributed by atoms with van der Waals surface area (Å²) in [5, 5.41) is 2.80. The lowest BCUT2D eigenvalue weighted by Crippen LogP contribution is -2.38. The van der Waals surface area contributed by atoms with E-state index >= 15 is 0 Å². The van der Waals surface area contributed by atoms with Crippen LogP contribution in [0.1, 0.15) is 30.9 Å². The third kappa shape index (κ3) is 4.75. The van der Waals surface area contributed by atoms with Crippen LogP contribution < -0.4 is 14.8 Å². The highest BCUT2D eigenvalue weighted by atomic mass is 19.1. The largest absolute Gasteiger partial charge is 0.492 e. The summed E-state index contributed by atoms with van der Waals surface area (Å²) in [4.78, 5) is 12.2. The third-order valence-electron chi connectivity index (χ3n) is 4.51. The lowest BCUT2D eigenvalue weighted by atomic mass is 9.91. The summed E-state index contributed by atoms with van der Waals surface area (Å²) in [6.07, 6.45) is 3.88. The Labute approximate surface area is 153 Å². The van der Waals surface area contributed by atoms with Gasteiger partial charge in [0.15, 0.2) is 6.10 Å². The summed E-state index contributed by atoms with van der Waals surface area (Å²) < 4.78 is 24.2. The summed E-state index contributed by atoms with van der Waals surface area (Å²) in [6, 6.07) is 11.8. The topological polar surface area (TPSA) is 47.6 Å². The van der Waals surface area contributed by atoms with Crippen LogP contribution in [-0.4, -0.2) is 25.2 Å². The average molecular weight is 357 g/mol. The number of rotatable bonds is 7. The van der Waals surface area contributed by atoms with E-state index in [0.29, 0.717) is 18.9 Å². The zero-order valence-corrected chi connectivity index (χ0v) is 15.0. The molecule has 0 aliphatic heterocycles. The first-order valence-electron chi connectivity index (χ1n) is 9.07. The van der Waals surface area contributed by atoms with Gasteiger partial charge in [-0.3, -0.25) is 4.79 Å². The molecule has 0 heterocycles. The maximum atomic E-state index is 12.8. The Balaban J connectivity index is 1.45. The molecule has 0 fully saturated rings. The SMILES string of the molecule is C[C@@H](Oc1cccc2c1CCCC2)C(=O)NCCOc1ccc(F)cc1. The molecule has 1 aliphatic rings. The number of fused-ring (bicyclic) bond motifs is 1. The molecule has 26 heavy (non-hydrogen) atoms.